The molecule has 1 aromatic heterocycles. The van der Waals surface area contributed by atoms with E-state index in [9.17, 15) is 0 Å². The number of para-hydroxylation sites is 1. The van der Waals surface area contributed by atoms with Crippen molar-refractivity contribution in [2.24, 2.45) is 0 Å². The molecule has 0 fully saturated rings. The van der Waals surface area contributed by atoms with E-state index in [1.165, 1.54) is 105 Å². The molecule has 0 saturated carbocycles. The van der Waals surface area contributed by atoms with Gasteiger partial charge in [-0.25, -0.2) is 0 Å². The highest BCUT2D eigenvalue weighted by Crippen LogP contribution is 2.57. The zero-order chi connectivity index (χ0) is 46.9. The summed E-state index contributed by atoms with van der Waals surface area (Å²) in [4.78, 5) is 2.45. The van der Waals surface area contributed by atoms with Crippen molar-refractivity contribution >= 4 is 60.4 Å². The van der Waals surface area contributed by atoms with Gasteiger partial charge in [0.2, 0.25) is 0 Å². The molecule has 2 nitrogen and oxygen atoms in total. The average Bonchev–Trinajstić information content (AvgIpc) is 3.94. The molecular formula is C69H46N2. The van der Waals surface area contributed by atoms with Gasteiger partial charge in [-0.05, 0) is 121 Å². The maximum atomic E-state index is 2.46. The maximum Gasteiger partial charge on any atom is 0.0714 e. The van der Waals surface area contributed by atoms with Gasteiger partial charge in [-0.3, -0.25) is 0 Å². The third-order valence-corrected chi connectivity index (χ3v) is 15.1. The molecule has 1 aliphatic carbocycles. The second-order valence-electron chi connectivity index (χ2n) is 18.8. The molecule has 0 N–H and O–H groups in total. The smallest absolute Gasteiger partial charge is 0.0714 e. The molecule has 1 aliphatic rings. The van der Waals surface area contributed by atoms with Crippen molar-refractivity contribution in [1.29, 1.82) is 0 Å². The summed E-state index contributed by atoms with van der Waals surface area (Å²) in [5.74, 6) is 0. The van der Waals surface area contributed by atoms with E-state index in [-0.39, 0.29) is 0 Å². The van der Waals surface area contributed by atoms with Crippen molar-refractivity contribution < 1.29 is 0 Å². The SMILES string of the molecule is c1ccc(C2(c3ccccc3)c3ccccc3-c3ccc(N(c4ccc(-c5ccc(-c6ccc7c(c6)c6ccccc6n7-c6cccc7ccccc67)cc5)cc4)c4cccc5ccccc45)cc32)cc1. The number of benzene rings is 12. The summed E-state index contributed by atoms with van der Waals surface area (Å²) in [6, 6.07) is 103. The molecule has 0 amide bonds. The molecule has 0 atom stereocenters. The van der Waals surface area contributed by atoms with Gasteiger partial charge >= 0.3 is 0 Å². The van der Waals surface area contributed by atoms with Gasteiger partial charge in [0, 0.05) is 32.9 Å². The van der Waals surface area contributed by atoms with Gasteiger partial charge in [0.05, 0.1) is 27.8 Å². The highest BCUT2D eigenvalue weighted by Gasteiger charge is 2.46. The molecule has 0 radical (unpaired) electrons. The molecule has 2 heteroatoms. The van der Waals surface area contributed by atoms with Gasteiger partial charge in [0.1, 0.15) is 0 Å². The molecule has 13 aromatic rings. The topological polar surface area (TPSA) is 8.17 Å². The Hall–Kier alpha value is -9.24. The first-order valence-corrected chi connectivity index (χ1v) is 24.6. The second kappa shape index (κ2) is 16.5. The zero-order valence-corrected chi connectivity index (χ0v) is 39.0. The van der Waals surface area contributed by atoms with Gasteiger partial charge in [0.15, 0.2) is 0 Å². The molecule has 0 unspecified atom stereocenters. The van der Waals surface area contributed by atoms with E-state index in [2.05, 4.69) is 289 Å². The molecule has 1 heterocycles. The van der Waals surface area contributed by atoms with Crippen LogP contribution in [0.3, 0.4) is 0 Å². The van der Waals surface area contributed by atoms with Crippen molar-refractivity contribution in [3.63, 3.8) is 0 Å². The summed E-state index contributed by atoms with van der Waals surface area (Å²) < 4.78 is 2.43. The Morgan fingerprint density at radius 1 is 0.296 bits per heavy atom. The first-order chi connectivity index (χ1) is 35.2. The Morgan fingerprint density at radius 2 is 0.803 bits per heavy atom. The first kappa shape index (κ1) is 40.8. The van der Waals surface area contributed by atoms with Crippen LogP contribution >= 0.6 is 0 Å². The number of fused-ring (bicyclic) bond motifs is 8. The Morgan fingerprint density at radius 3 is 1.54 bits per heavy atom. The fourth-order valence-corrected chi connectivity index (χ4v) is 11.9. The van der Waals surface area contributed by atoms with E-state index in [1.807, 2.05) is 0 Å². The van der Waals surface area contributed by atoms with Crippen LogP contribution in [0.2, 0.25) is 0 Å². The Balaban J connectivity index is 0.857. The molecule has 0 saturated heterocycles. The molecule has 0 spiro atoms. The van der Waals surface area contributed by atoms with Crippen molar-refractivity contribution in [2.45, 2.75) is 5.41 Å². The van der Waals surface area contributed by atoms with Gasteiger partial charge in [-0.15, -0.1) is 0 Å². The summed E-state index contributed by atoms with van der Waals surface area (Å²) in [5, 5.41) is 7.40. The highest BCUT2D eigenvalue weighted by molar-refractivity contribution is 6.12. The van der Waals surface area contributed by atoms with Gasteiger partial charge in [0.25, 0.3) is 0 Å². The van der Waals surface area contributed by atoms with Crippen molar-refractivity contribution in [2.75, 3.05) is 4.90 Å². The summed E-state index contributed by atoms with van der Waals surface area (Å²) in [6.07, 6.45) is 0. The molecule has 0 bridgehead atoms. The Labute approximate surface area is 413 Å². The Kier molecular flexibility index (Phi) is 9.47. The van der Waals surface area contributed by atoms with E-state index >= 15 is 0 Å². The molecule has 71 heavy (non-hydrogen) atoms. The summed E-state index contributed by atoms with van der Waals surface area (Å²) in [6.45, 7) is 0. The lowest BCUT2D eigenvalue weighted by atomic mass is 9.67. The number of nitrogens with zero attached hydrogens (tertiary/aromatic N) is 2. The van der Waals surface area contributed by atoms with Crippen LogP contribution in [0.5, 0.6) is 0 Å². The Bertz CT molecular complexity index is 4100. The molecule has 12 aromatic carbocycles. The van der Waals surface area contributed by atoms with Crippen LogP contribution in [-0.2, 0) is 5.41 Å². The third kappa shape index (κ3) is 6.42. The van der Waals surface area contributed by atoms with Crippen LogP contribution in [0.1, 0.15) is 22.3 Å². The van der Waals surface area contributed by atoms with E-state index < -0.39 is 5.41 Å². The van der Waals surface area contributed by atoms with Gasteiger partial charge in [-0.1, -0.05) is 224 Å². The van der Waals surface area contributed by atoms with Crippen LogP contribution < -0.4 is 4.90 Å². The zero-order valence-electron chi connectivity index (χ0n) is 39.0. The fraction of sp³-hybridized carbons (Fsp3) is 0.0145. The minimum absolute atomic E-state index is 0.507. The van der Waals surface area contributed by atoms with Crippen molar-refractivity contribution in [3.05, 3.63) is 301 Å². The normalized spacial score (nSPS) is 12.6. The van der Waals surface area contributed by atoms with Crippen molar-refractivity contribution in [3.8, 4) is 39.1 Å². The first-order valence-electron chi connectivity index (χ1n) is 24.6. The standard InChI is InChI=1S/C69H46N2/c1-3-21-53(22-4-1)69(54-23-5-2-6-24-54)63-29-13-11-27-59(63)60-43-42-56(46-64(60)69)70(65-31-15-19-50-17-7-9-25-57(50)65)55-40-37-48(38-41-55)47-33-35-49(36-34-47)52-39-44-68-62(45-52)61-28-12-14-30-67(61)71(68)66-32-16-20-51-18-8-10-26-58(51)66/h1-46H. The van der Waals surface area contributed by atoms with Crippen LogP contribution in [0.15, 0.2) is 279 Å². The maximum absolute atomic E-state index is 2.46. The monoisotopic (exact) mass is 902 g/mol. The predicted molar refractivity (Wildman–Crippen MR) is 299 cm³/mol. The lowest BCUT2D eigenvalue weighted by molar-refractivity contribution is 0.768. The quantitative estimate of drug-likeness (QED) is 0.147. The van der Waals surface area contributed by atoms with E-state index in [1.54, 1.807) is 0 Å². The second-order valence-corrected chi connectivity index (χ2v) is 18.8. The number of anilines is 3. The number of hydrogen-bond donors (Lipinski definition) is 0. The number of hydrogen-bond acceptors (Lipinski definition) is 1. The van der Waals surface area contributed by atoms with E-state index in [0.29, 0.717) is 0 Å². The van der Waals surface area contributed by atoms with E-state index in [0.717, 1.165) is 17.1 Å². The predicted octanol–water partition coefficient (Wildman–Crippen LogP) is 18.3. The minimum Gasteiger partial charge on any atom is -0.310 e. The van der Waals surface area contributed by atoms with Crippen LogP contribution in [0.25, 0.3) is 82.4 Å². The lowest BCUT2D eigenvalue weighted by Crippen LogP contribution is -2.28. The number of aromatic nitrogens is 1. The van der Waals surface area contributed by atoms with Crippen LogP contribution in [0, 0.1) is 0 Å². The fourth-order valence-electron chi connectivity index (χ4n) is 11.9. The van der Waals surface area contributed by atoms with E-state index in [4.69, 9.17) is 0 Å². The molecule has 332 valence electrons. The third-order valence-electron chi connectivity index (χ3n) is 15.1. The summed E-state index contributed by atoms with van der Waals surface area (Å²) in [5.41, 5.74) is 18.8. The molecular weight excluding hydrogens is 857 g/mol. The van der Waals surface area contributed by atoms with Crippen molar-refractivity contribution in [1.82, 2.24) is 4.57 Å². The summed E-state index contributed by atoms with van der Waals surface area (Å²) >= 11 is 0. The number of rotatable bonds is 8. The molecule has 0 aliphatic heterocycles. The van der Waals surface area contributed by atoms with Crippen LogP contribution in [0.4, 0.5) is 17.1 Å². The molecule has 14 rings (SSSR count). The van der Waals surface area contributed by atoms with Gasteiger partial charge in [-0.2, -0.15) is 0 Å². The van der Waals surface area contributed by atoms with Crippen LogP contribution in [-0.4, -0.2) is 4.57 Å². The van der Waals surface area contributed by atoms with Gasteiger partial charge < -0.3 is 9.47 Å². The summed E-state index contributed by atoms with van der Waals surface area (Å²) in [7, 11) is 0. The largest absolute Gasteiger partial charge is 0.310 e. The lowest BCUT2D eigenvalue weighted by Gasteiger charge is -2.35. The highest BCUT2D eigenvalue weighted by atomic mass is 15.1. The minimum atomic E-state index is -0.507. The average molecular weight is 903 g/mol.